The zero-order valence-corrected chi connectivity index (χ0v) is 13.3. The van der Waals surface area contributed by atoms with E-state index in [1.165, 1.54) is 5.56 Å². The topological polar surface area (TPSA) is 58.6 Å². The van der Waals surface area contributed by atoms with Crippen LogP contribution in [0.4, 0.5) is 4.79 Å². The summed E-state index contributed by atoms with van der Waals surface area (Å²) in [5.74, 6) is 0. The molecule has 0 aliphatic carbocycles. The first kappa shape index (κ1) is 17.5. The Kier molecular flexibility index (Phi) is 7.23. The number of alkyl carbamates (subject to hydrolysis) is 1. The van der Waals surface area contributed by atoms with Crippen LogP contribution in [0.3, 0.4) is 0 Å². The SMILES string of the molecule is CC(C)(C)OC(=O)N[C@@H](CCCO)CCc1ccccc1. The van der Waals surface area contributed by atoms with E-state index in [4.69, 9.17) is 9.84 Å². The predicted molar refractivity (Wildman–Crippen MR) is 84.2 cm³/mol. The fourth-order valence-corrected chi connectivity index (χ4v) is 2.09. The van der Waals surface area contributed by atoms with E-state index in [1.54, 1.807) is 0 Å². The maximum Gasteiger partial charge on any atom is 0.407 e. The fourth-order valence-electron chi connectivity index (χ4n) is 2.09. The number of ether oxygens (including phenoxy) is 1. The first-order valence-corrected chi connectivity index (χ1v) is 7.55. The number of aryl methyl sites for hydroxylation is 1. The van der Waals surface area contributed by atoms with Crippen molar-refractivity contribution in [3.63, 3.8) is 0 Å². The number of nitrogens with one attached hydrogen (secondary N) is 1. The van der Waals surface area contributed by atoms with E-state index < -0.39 is 11.7 Å². The van der Waals surface area contributed by atoms with Crippen molar-refractivity contribution >= 4 is 6.09 Å². The van der Waals surface area contributed by atoms with Crippen LogP contribution in [-0.2, 0) is 11.2 Å². The molecule has 4 heteroatoms. The predicted octanol–water partition coefficient (Wildman–Crippen LogP) is 3.29. The molecule has 0 unspecified atom stereocenters. The van der Waals surface area contributed by atoms with E-state index in [2.05, 4.69) is 17.4 Å². The van der Waals surface area contributed by atoms with Crippen molar-refractivity contribution in [1.82, 2.24) is 5.32 Å². The minimum atomic E-state index is -0.495. The molecule has 0 spiro atoms. The van der Waals surface area contributed by atoms with Gasteiger partial charge in [-0.05, 0) is 52.0 Å². The normalized spacial score (nSPS) is 12.8. The average Bonchev–Trinajstić information content (AvgIpc) is 2.41. The van der Waals surface area contributed by atoms with E-state index in [0.717, 1.165) is 19.3 Å². The molecule has 0 saturated carbocycles. The summed E-state index contributed by atoms with van der Waals surface area (Å²) in [6.07, 6.45) is 2.77. The van der Waals surface area contributed by atoms with Gasteiger partial charge in [-0.25, -0.2) is 4.79 Å². The van der Waals surface area contributed by atoms with Crippen molar-refractivity contribution < 1.29 is 14.6 Å². The minimum Gasteiger partial charge on any atom is -0.444 e. The van der Waals surface area contributed by atoms with Crippen molar-refractivity contribution in [2.75, 3.05) is 6.61 Å². The van der Waals surface area contributed by atoms with Crippen LogP contribution in [-0.4, -0.2) is 29.4 Å². The summed E-state index contributed by atoms with van der Waals surface area (Å²) in [4.78, 5) is 11.8. The molecule has 1 rings (SSSR count). The van der Waals surface area contributed by atoms with E-state index in [9.17, 15) is 4.79 Å². The van der Waals surface area contributed by atoms with Gasteiger partial charge in [0.15, 0.2) is 0 Å². The molecule has 1 aromatic carbocycles. The molecule has 0 aromatic heterocycles. The summed E-state index contributed by atoms with van der Waals surface area (Å²) < 4.78 is 5.29. The van der Waals surface area contributed by atoms with Gasteiger partial charge in [0, 0.05) is 12.6 Å². The van der Waals surface area contributed by atoms with E-state index in [1.807, 2.05) is 39.0 Å². The summed E-state index contributed by atoms with van der Waals surface area (Å²) in [5, 5.41) is 11.9. The molecule has 0 radical (unpaired) electrons. The number of carbonyl (C=O) groups excluding carboxylic acids is 1. The van der Waals surface area contributed by atoms with Crippen LogP contribution in [0.1, 0.15) is 45.6 Å². The van der Waals surface area contributed by atoms with Crippen molar-refractivity contribution in [3.8, 4) is 0 Å². The molecule has 0 aliphatic heterocycles. The van der Waals surface area contributed by atoms with Crippen LogP contribution < -0.4 is 5.32 Å². The fraction of sp³-hybridized carbons (Fsp3) is 0.588. The lowest BCUT2D eigenvalue weighted by Crippen LogP contribution is -2.39. The third-order valence-electron chi connectivity index (χ3n) is 3.06. The lowest BCUT2D eigenvalue weighted by atomic mass is 10.0. The van der Waals surface area contributed by atoms with Crippen LogP contribution in [0.2, 0.25) is 0 Å². The van der Waals surface area contributed by atoms with Crippen LogP contribution in [0.15, 0.2) is 30.3 Å². The zero-order valence-electron chi connectivity index (χ0n) is 13.3. The molecule has 0 saturated heterocycles. The molecule has 0 aliphatic rings. The molecule has 118 valence electrons. The highest BCUT2D eigenvalue weighted by Crippen LogP contribution is 2.11. The van der Waals surface area contributed by atoms with Gasteiger partial charge in [-0.3, -0.25) is 0 Å². The quantitative estimate of drug-likeness (QED) is 0.811. The van der Waals surface area contributed by atoms with Gasteiger partial charge in [-0.15, -0.1) is 0 Å². The Morgan fingerprint density at radius 3 is 2.48 bits per heavy atom. The standard InChI is InChI=1S/C17H27NO3/c1-17(2,3)21-16(20)18-15(10-7-13-19)12-11-14-8-5-4-6-9-14/h4-6,8-9,15,19H,7,10-13H2,1-3H3,(H,18,20)/t15-/m0/s1. The van der Waals surface area contributed by atoms with E-state index in [-0.39, 0.29) is 12.6 Å². The van der Waals surface area contributed by atoms with Gasteiger partial charge >= 0.3 is 6.09 Å². The van der Waals surface area contributed by atoms with Crippen LogP contribution >= 0.6 is 0 Å². The highest BCUT2D eigenvalue weighted by molar-refractivity contribution is 5.68. The summed E-state index contributed by atoms with van der Waals surface area (Å²) >= 11 is 0. The number of carbonyl (C=O) groups is 1. The Morgan fingerprint density at radius 2 is 1.90 bits per heavy atom. The highest BCUT2D eigenvalue weighted by atomic mass is 16.6. The van der Waals surface area contributed by atoms with Gasteiger partial charge in [0.05, 0.1) is 0 Å². The molecule has 4 nitrogen and oxygen atoms in total. The van der Waals surface area contributed by atoms with Gasteiger partial charge in [0.25, 0.3) is 0 Å². The Balaban J connectivity index is 2.49. The Labute approximate surface area is 127 Å². The van der Waals surface area contributed by atoms with Crippen LogP contribution in [0, 0.1) is 0 Å². The molecule has 21 heavy (non-hydrogen) atoms. The molecule has 2 N–H and O–H groups in total. The highest BCUT2D eigenvalue weighted by Gasteiger charge is 2.19. The van der Waals surface area contributed by atoms with Gasteiger partial charge in [0.2, 0.25) is 0 Å². The second-order valence-corrected chi connectivity index (χ2v) is 6.23. The number of hydrogen-bond donors (Lipinski definition) is 2. The molecule has 1 atom stereocenters. The first-order chi connectivity index (χ1) is 9.90. The number of hydrogen-bond acceptors (Lipinski definition) is 3. The van der Waals surface area contributed by atoms with Crippen molar-refractivity contribution in [1.29, 1.82) is 0 Å². The third-order valence-corrected chi connectivity index (χ3v) is 3.06. The summed E-state index contributed by atoms with van der Waals surface area (Å²) in [7, 11) is 0. The number of aliphatic hydroxyl groups excluding tert-OH is 1. The zero-order chi connectivity index (χ0) is 15.7. The molecular formula is C17H27NO3. The van der Waals surface area contributed by atoms with Crippen molar-refractivity contribution in [3.05, 3.63) is 35.9 Å². The molecule has 0 heterocycles. The maximum absolute atomic E-state index is 11.8. The van der Waals surface area contributed by atoms with Gasteiger partial charge in [0.1, 0.15) is 5.60 Å². The smallest absolute Gasteiger partial charge is 0.407 e. The molecule has 0 bridgehead atoms. The number of aliphatic hydroxyl groups is 1. The Hall–Kier alpha value is -1.55. The number of rotatable bonds is 7. The van der Waals surface area contributed by atoms with E-state index >= 15 is 0 Å². The lowest BCUT2D eigenvalue weighted by Gasteiger charge is -2.23. The molecular weight excluding hydrogens is 266 g/mol. The Morgan fingerprint density at radius 1 is 1.24 bits per heavy atom. The summed E-state index contributed by atoms with van der Waals surface area (Å²) in [6.45, 7) is 5.68. The first-order valence-electron chi connectivity index (χ1n) is 7.55. The van der Waals surface area contributed by atoms with Crippen molar-refractivity contribution in [2.24, 2.45) is 0 Å². The molecule has 1 amide bonds. The Bertz CT molecular complexity index is 412. The van der Waals surface area contributed by atoms with E-state index in [0.29, 0.717) is 6.42 Å². The number of benzene rings is 1. The largest absolute Gasteiger partial charge is 0.444 e. The van der Waals surface area contributed by atoms with Crippen molar-refractivity contribution in [2.45, 2.75) is 58.1 Å². The molecule has 1 aromatic rings. The van der Waals surface area contributed by atoms with Crippen LogP contribution in [0.25, 0.3) is 0 Å². The maximum atomic E-state index is 11.8. The third kappa shape index (κ3) is 8.35. The van der Waals surface area contributed by atoms with Gasteiger partial charge in [-0.2, -0.15) is 0 Å². The monoisotopic (exact) mass is 293 g/mol. The summed E-state index contributed by atoms with van der Waals surface area (Å²) in [6, 6.07) is 10.2. The second kappa shape index (κ2) is 8.67. The second-order valence-electron chi connectivity index (χ2n) is 6.23. The minimum absolute atomic E-state index is 0.0206. The number of amides is 1. The van der Waals surface area contributed by atoms with Crippen LogP contribution in [0.5, 0.6) is 0 Å². The molecule has 0 fully saturated rings. The van der Waals surface area contributed by atoms with Gasteiger partial charge in [-0.1, -0.05) is 30.3 Å². The lowest BCUT2D eigenvalue weighted by molar-refractivity contribution is 0.0497. The van der Waals surface area contributed by atoms with Gasteiger partial charge < -0.3 is 15.2 Å². The summed E-state index contributed by atoms with van der Waals surface area (Å²) in [5.41, 5.74) is 0.753. The average molecular weight is 293 g/mol.